The maximum atomic E-state index is 9.13. The molecule has 1 rings (SSSR count). The predicted octanol–water partition coefficient (Wildman–Crippen LogP) is 1.94. The lowest BCUT2D eigenvalue weighted by Crippen LogP contribution is -2.37. The summed E-state index contributed by atoms with van der Waals surface area (Å²) in [7, 11) is 0. The highest BCUT2D eigenvalue weighted by Gasteiger charge is 2.16. The summed E-state index contributed by atoms with van der Waals surface area (Å²) in [4.78, 5) is 6.35. The van der Waals surface area contributed by atoms with Crippen molar-refractivity contribution in [2.75, 3.05) is 18.1 Å². The summed E-state index contributed by atoms with van der Waals surface area (Å²) in [6.45, 7) is 4.88. The summed E-state index contributed by atoms with van der Waals surface area (Å²) in [5, 5.41) is 18.0. The average molecular weight is 233 g/mol. The molecule has 4 nitrogen and oxygen atoms in total. The zero-order valence-corrected chi connectivity index (χ0v) is 10.4. The van der Waals surface area contributed by atoms with Gasteiger partial charge in [-0.1, -0.05) is 19.9 Å². The van der Waals surface area contributed by atoms with Crippen LogP contribution < -0.4 is 4.90 Å². The van der Waals surface area contributed by atoms with Crippen molar-refractivity contribution in [2.24, 2.45) is 0 Å². The number of nitriles is 1. The molecule has 0 bridgehead atoms. The molecule has 0 aromatic carbocycles. The van der Waals surface area contributed by atoms with Crippen molar-refractivity contribution in [2.45, 2.75) is 32.7 Å². The van der Waals surface area contributed by atoms with Gasteiger partial charge in [-0.25, -0.2) is 4.98 Å². The van der Waals surface area contributed by atoms with Crippen LogP contribution in [0.5, 0.6) is 0 Å². The Labute approximate surface area is 103 Å². The molecule has 0 amide bonds. The molecule has 4 heteroatoms. The van der Waals surface area contributed by atoms with Crippen LogP contribution in [0.2, 0.25) is 0 Å². The molecule has 0 saturated heterocycles. The molecule has 1 aromatic heterocycles. The van der Waals surface area contributed by atoms with Gasteiger partial charge in [0.15, 0.2) is 0 Å². The van der Waals surface area contributed by atoms with Crippen LogP contribution in [0, 0.1) is 11.3 Å². The second-order valence-corrected chi connectivity index (χ2v) is 3.88. The SMILES string of the molecule is CCC(CC)N(CCO)c1cccc(C#N)n1. The fraction of sp³-hybridized carbons (Fsp3) is 0.538. The van der Waals surface area contributed by atoms with E-state index in [-0.39, 0.29) is 6.61 Å². The van der Waals surface area contributed by atoms with Gasteiger partial charge in [0, 0.05) is 12.6 Å². The lowest BCUT2D eigenvalue weighted by Gasteiger charge is -2.31. The molecule has 1 aromatic rings. The summed E-state index contributed by atoms with van der Waals surface area (Å²) in [6, 6.07) is 7.79. The Hall–Kier alpha value is -1.60. The van der Waals surface area contributed by atoms with Crippen LogP contribution in [0.4, 0.5) is 5.82 Å². The van der Waals surface area contributed by atoms with Gasteiger partial charge in [0.1, 0.15) is 17.6 Å². The van der Waals surface area contributed by atoms with Gasteiger partial charge >= 0.3 is 0 Å². The van der Waals surface area contributed by atoms with E-state index in [0.29, 0.717) is 18.3 Å². The Bertz CT molecular complexity index is 382. The number of hydrogen-bond acceptors (Lipinski definition) is 4. The highest BCUT2D eigenvalue weighted by Crippen LogP contribution is 2.18. The molecule has 0 spiro atoms. The maximum absolute atomic E-state index is 9.13. The van der Waals surface area contributed by atoms with E-state index in [1.807, 2.05) is 18.2 Å². The molecule has 0 atom stereocenters. The molecule has 0 aliphatic carbocycles. The van der Waals surface area contributed by atoms with Crippen molar-refractivity contribution in [3.05, 3.63) is 23.9 Å². The largest absolute Gasteiger partial charge is 0.395 e. The van der Waals surface area contributed by atoms with E-state index in [1.54, 1.807) is 6.07 Å². The van der Waals surface area contributed by atoms with Gasteiger partial charge in [0.05, 0.1) is 6.61 Å². The van der Waals surface area contributed by atoms with Crippen molar-refractivity contribution in [3.63, 3.8) is 0 Å². The van der Waals surface area contributed by atoms with E-state index in [9.17, 15) is 0 Å². The zero-order valence-electron chi connectivity index (χ0n) is 10.4. The average Bonchev–Trinajstić information content (AvgIpc) is 2.39. The van der Waals surface area contributed by atoms with Gasteiger partial charge in [0.2, 0.25) is 0 Å². The van der Waals surface area contributed by atoms with E-state index in [0.717, 1.165) is 18.7 Å². The van der Waals surface area contributed by atoms with E-state index < -0.39 is 0 Å². The standard InChI is InChI=1S/C13H19N3O/c1-3-12(4-2)16(8-9-17)13-7-5-6-11(10-14)15-13/h5-7,12,17H,3-4,8-9H2,1-2H3. The molecular weight excluding hydrogens is 214 g/mol. The fourth-order valence-electron chi connectivity index (χ4n) is 1.97. The summed E-state index contributed by atoms with van der Waals surface area (Å²) in [5.41, 5.74) is 0.413. The minimum absolute atomic E-state index is 0.0922. The van der Waals surface area contributed by atoms with Gasteiger partial charge in [-0.15, -0.1) is 0 Å². The van der Waals surface area contributed by atoms with Crippen molar-refractivity contribution in [1.82, 2.24) is 4.98 Å². The normalized spacial score (nSPS) is 10.3. The van der Waals surface area contributed by atoms with E-state index in [4.69, 9.17) is 10.4 Å². The van der Waals surface area contributed by atoms with E-state index >= 15 is 0 Å². The first-order valence-corrected chi connectivity index (χ1v) is 6.01. The number of aliphatic hydroxyl groups excluding tert-OH is 1. The molecule has 92 valence electrons. The first kappa shape index (κ1) is 13.5. The lowest BCUT2D eigenvalue weighted by molar-refractivity contribution is 0.295. The molecule has 0 aliphatic rings. The third-order valence-corrected chi connectivity index (χ3v) is 2.87. The molecule has 0 unspecified atom stereocenters. The van der Waals surface area contributed by atoms with Gasteiger partial charge in [-0.3, -0.25) is 0 Å². The van der Waals surface area contributed by atoms with Crippen LogP contribution in [0.1, 0.15) is 32.4 Å². The maximum Gasteiger partial charge on any atom is 0.142 e. The minimum Gasteiger partial charge on any atom is -0.395 e. The predicted molar refractivity (Wildman–Crippen MR) is 67.8 cm³/mol. The molecule has 17 heavy (non-hydrogen) atoms. The monoisotopic (exact) mass is 233 g/mol. The Morgan fingerprint density at radius 3 is 2.65 bits per heavy atom. The summed E-state index contributed by atoms with van der Waals surface area (Å²) in [5.74, 6) is 0.770. The molecule has 1 N–H and O–H groups in total. The second kappa shape index (κ2) is 6.87. The lowest BCUT2D eigenvalue weighted by atomic mass is 10.1. The number of aromatic nitrogens is 1. The second-order valence-electron chi connectivity index (χ2n) is 3.88. The smallest absolute Gasteiger partial charge is 0.142 e. The third-order valence-electron chi connectivity index (χ3n) is 2.87. The Kier molecular flexibility index (Phi) is 5.44. The Morgan fingerprint density at radius 2 is 2.12 bits per heavy atom. The molecule has 0 radical (unpaired) electrons. The Morgan fingerprint density at radius 1 is 1.41 bits per heavy atom. The van der Waals surface area contributed by atoms with Crippen molar-refractivity contribution < 1.29 is 5.11 Å². The van der Waals surface area contributed by atoms with Crippen LogP contribution in [0.25, 0.3) is 0 Å². The number of anilines is 1. The number of rotatable bonds is 6. The molecule has 0 aliphatic heterocycles. The Balaban J connectivity index is 3.00. The molecule has 1 heterocycles. The van der Waals surface area contributed by atoms with Gasteiger partial charge in [-0.05, 0) is 25.0 Å². The highest BCUT2D eigenvalue weighted by atomic mass is 16.3. The van der Waals surface area contributed by atoms with Crippen molar-refractivity contribution in [1.29, 1.82) is 5.26 Å². The van der Waals surface area contributed by atoms with Crippen LogP contribution in [-0.4, -0.2) is 29.3 Å². The van der Waals surface area contributed by atoms with Crippen molar-refractivity contribution in [3.8, 4) is 6.07 Å². The van der Waals surface area contributed by atoms with Crippen molar-refractivity contribution >= 4 is 5.82 Å². The fourth-order valence-corrected chi connectivity index (χ4v) is 1.97. The van der Waals surface area contributed by atoms with E-state index in [1.165, 1.54) is 0 Å². The highest BCUT2D eigenvalue weighted by molar-refractivity contribution is 5.42. The third kappa shape index (κ3) is 3.43. The first-order chi connectivity index (χ1) is 8.26. The number of pyridine rings is 1. The van der Waals surface area contributed by atoms with Gasteiger partial charge in [0.25, 0.3) is 0 Å². The quantitative estimate of drug-likeness (QED) is 0.815. The topological polar surface area (TPSA) is 60.1 Å². The van der Waals surface area contributed by atoms with Crippen LogP contribution in [0.15, 0.2) is 18.2 Å². The molecular formula is C13H19N3O. The molecule has 0 fully saturated rings. The van der Waals surface area contributed by atoms with Gasteiger partial charge in [-0.2, -0.15) is 5.26 Å². The minimum atomic E-state index is 0.0922. The zero-order chi connectivity index (χ0) is 12.7. The number of hydrogen-bond donors (Lipinski definition) is 1. The summed E-state index contributed by atoms with van der Waals surface area (Å²) < 4.78 is 0. The van der Waals surface area contributed by atoms with Crippen LogP contribution in [-0.2, 0) is 0 Å². The summed E-state index contributed by atoms with van der Waals surface area (Å²) >= 11 is 0. The number of nitrogens with zero attached hydrogens (tertiary/aromatic N) is 3. The van der Waals surface area contributed by atoms with Gasteiger partial charge < -0.3 is 10.0 Å². The molecule has 0 saturated carbocycles. The van der Waals surface area contributed by atoms with Crippen LogP contribution in [0.3, 0.4) is 0 Å². The van der Waals surface area contributed by atoms with E-state index in [2.05, 4.69) is 23.7 Å². The van der Waals surface area contributed by atoms with Crippen LogP contribution >= 0.6 is 0 Å². The first-order valence-electron chi connectivity index (χ1n) is 6.01. The number of aliphatic hydroxyl groups is 1. The summed E-state index contributed by atoms with van der Waals surface area (Å²) in [6.07, 6.45) is 1.99.